The lowest BCUT2D eigenvalue weighted by atomic mass is 9.84. The van der Waals surface area contributed by atoms with Crippen LogP contribution in [0.2, 0.25) is 0 Å². The van der Waals surface area contributed by atoms with Gasteiger partial charge in [0.2, 0.25) is 0 Å². The highest BCUT2D eigenvalue weighted by Gasteiger charge is 2.34. The van der Waals surface area contributed by atoms with E-state index in [2.05, 4.69) is 336 Å². The largest absolute Gasteiger partial charge is 0.454 e. The summed E-state index contributed by atoms with van der Waals surface area (Å²) in [6, 6.07) is 87.7. The molecule has 0 aliphatic carbocycles. The van der Waals surface area contributed by atoms with Crippen molar-refractivity contribution in [3.8, 4) is 22.3 Å². The number of hydrogen-bond acceptors (Lipinski definition) is 4. The Morgan fingerprint density at radius 3 is 1.29 bits per heavy atom. The molecule has 0 aliphatic rings. The molecule has 18 rings (SSSR count). The van der Waals surface area contributed by atoms with Crippen molar-refractivity contribution in [1.29, 1.82) is 0 Å². The number of rotatable bonds is 10. The second-order valence-corrected chi connectivity index (χ2v) is 28.1. The number of para-hydroxylation sites is 5. The summed E-state index contributed by atoms with van der Waals surface area (Å²) in [6.07, 6.45) is 4.28. The molecule has 458 valence electrons. The number of aromatic nitrogens is 2. The van der Waals surface area contributed by atoms with Gasteiger partial charge in [0.15, 0.2) is 11.2 Å². The molecule has 6 heteroatoms. The molecule has 6 heterocycles. The SMILES string of the molecule is C=C(c1oc2c(N(c3ccccc3)c3ccc4c5cccc6c7c(-c8ccccc8)c8c(c(-c9ccccc9)c7n(c4c3)c56)c3cccc4c5ccc(N(c6ccccc6)c6c(C)ccc7c6oc6c(C(C)(C)C)cccc67)cc5n8c43)c(C)ccc2c1/C=C\C)C(C)(C)C. The fourth-order valence-electron chi connectivity index (χ4n) is 15.9. The number of aryl methyl sites for hydroxylation is 2. The van der Waals surface area contributed by atoms with Gasteiger partial charge in [-0.15, -0.1) is 0 Å². The van der Waals surface area contributed by atoms with Crippen molar-refractivity contribution in [2.45, 2.75) is 67.7 Å². The zero-order valence-electron chi connectivity index (χ0n) is 55.0. The molecule has 0 atom stereocenters. The molecule has 0 saturated carbocycles. The van der Waals surface area contributed by atoms with Crippen LogP contribution in [0.15, 0.2) is 258 Å². The smallest absolute Gasteiger partial charge is 0.159 e. The van der Waals surface area contributed by atoms with Crippen LogP contribution in [-0.4, -0.2) is 8.80 Å². The van der Waals surface area contributed by atoms with Crippen LogP contribution in [-0.2, 0) is 5.41 Å². The molecule has 6 nitrogen and oxygen atoms in total. The number of allylic oxidation sites excluding steroid dienone is 2. The van der Waals surface area contributed by atoms with E-state index in [9.17, 15) is 0 Å². The molecule has 0 fully saturated rings. The van der Waals surface area contributed by atoms with Crippen molar-refractivity contribution in [1.82, 2.24) is 8.80 Å². The fourth-order valence-corrected chi connectivity index (χ4v) is 15.9. The lowest BCUT2D eigenvalue weighted by molar-refractivity contribution is 0.525. The molecule has 0 spiro atoms. The van der Waals surface area contributed by atoms with Gasteiger partial charge in [0, 0.05) is 104 Å². The van der Waals surface area contributed by atoms with E-state index in [-0.39, 0.29) is 10.8 Å². The van der Waals surface area contributed by atoms with Gasteiger partial charge in [-0.2, -0.15) is 0 Å². The average molecular weight is 1230 g/mol. The highest BCUT2D eigenvalue weighted by Crippen LogP contribution is 2.56. The van der Waals surface area contributed by atoms with E-state index < -0.39 is 0 Å². The summed E-state index contributed by atoms with van der Waals surface area (Å²) in [5.41, 5.74) is 25.6. The summed E-state index contributed by atoms with van der Waals surface area (Å²) in [5.74, 6) is 0.817. The van der Waals surface area contributed by atoms with Gasteiger partial charge in [-0.3, -0.25) is 0 Å². The fraction of sp³-hybridized carbons (Fsp3) is 0.124. The van der Waals surface area contributed by atoms with Gasteiger partial charge in [-0.05, 0) is 108 Å². The maximum atomic E-state index is 7.26. The second-order valence-electron chi connectivity index (χ2n) is 28.1. The van der Waals surface area contributed by atoms with E-state index in [1.54, 1.807) is 0 Å². The van der Waals surface area contributed by atoms with Gasteiger partial charge < -0.3 is 27.4 Å². The van der Waals surface area contributed by atoms with Gasteiger partial charge in [0.05, 0.1) is 44.5 Å². The molecule has 0 radical (unpaired) electrons. The Morgan fingerprint density at radius 2 is 0.821 bits per heavy atom. The first-order valence-corrected chi connectivity index (χ1v) is 33.2. The minimum atomic E-state index is -0.222. The Hall–Kier alpha value is -11.3. The van der Waals surface area contributed by atoms with Gasteiger partial charge in [-0.1, -0.05) is 248 Å². The van der Waals surface area contributed by atoms with Crippen molar-refractivity contribution in [3.63, 3.8) is 0 Å². The Morgan fingerprint density at radius 1 is 0.400 bits per heavy atom. The van der Waals surface area contributed by atoms with Crippen LogP contribution in [0.1, 0.15) is 76.5 Å². The summed E-state index contributed by atoms with van der Waals surface area (Å²) < 4.78 is 19.8. The van der Waals surface area contributed by atoms with Crippen molar-refractivity contribution < 1.29 is 8.83 Å². The van der Waals surface area contributed by atoms with Crippen LogP contribution in [0.3, 0.4) is 0 Å². The zero-order chi connectivity index (χ0) is 64.5. The number of fused-ring (bicyclic) bond motifs is 16. The van der Waals surface area contributed by atoms with Crippen LogP contribution < -0.4 is 9.80 Å². The molecule has 0 unspecified atom stereocenters. The average Bonchev–Trinajstić information content (AvgIpc) is 1.50. The molecule has 18 aromatic rings. The topological polar surface area (TPSA) is 41.6 Å². The highest BCUT2D eigenvalue weighted by molar-refractivity contribution is 6.38. The molecule has 0 saturated heterocycles. The van der Waals surface area contributed by atoms with E-state index in [1.165, 1.54) is 81.8 Å². The molecular formula is C89H70N4O2. The van der Waals surface area contributed by atoms with Gasteiger partial charge in [-0.25, -0.2) is 0 Å². The van der Waals surface area contributed by atoms with E-state index in [0.29, 0.717) is 0 Å². The second kappa shape index (κ2) is 20.6. The van der Waals surface area contributed by atoms with Crippen LogP contribution in [0.25, 0.3) is 143 Å². The minimum Gasteiger partial charge on any atom is -0.454 e. The first kappa shape index (κ1) is 56.4. The number of benzene rings is 12. The molecule has 0 aliphatic heterocycles. The molecule has 0 bridgehead atoms. The third kappa shape index (κ3) is 8.10. The number of furan rings is 2. The molecule has 95 heavy (non-hydrogen) atoms. The Labute approximate surface area is 551 Å². The van der Waals surface area contributed by atoms with E-state index in [4.69, 9.17) is 8.83 Å². The molecule has 12 aromatic carbocycles. The van der Waals surface area contributed by atoms with Gasteiger partial charge >= 0.3 is 0 Å². The molecule has 6 aromatic heterocycles. The van der Waals surface area contributed by atoms with Gasteiger partial charge in [0.25, 0.3) is 0 Å². The predicted molar refractivity (Wildman–Crippen MR) is 404 cm³/mol. The van der Waals surface area contributed by atoms with Crippen molar-refractivity contribution in [3.05, 3.63) is 277 Å². The van der Waals surface area contributed by atoms with Gasteiger partial charge in [0.1, 0.15) is 11.3 Å². The normalized spacial score (nSPS) is 12.7. The van der Waals surface area contributed by atoms with Crippen LogP contribution in [0.4, 0.5) is 34.1 Å². The molecular weight excluding hydrogens is 1160 g/mol. The number of anilines is 6. The van der Waals surface area contributed by atoms with Crippen LogP contribution in [0, 0.1) is 19.3 Å². The monoisotopic (exact) mass is 1230 g/mol. The summed E-state index contributed by atoms with van der Waals surface area (Å²) in [7, 11) is 0. The van der Waals surface area contributed by atoms with E-state index in [0.717, 1.165) is 117 Å². The standard InChI is InChI=1S/C89H70N4O2/c1-11-27-65-67-46-42-52(2)78(86(67)94-84(65)54(4)88(5,6)7)90(57-32-20-14-21-33-57)59-44-48-61-63-36-24-39-69-76-75(56-30-18-13-19-31-56)83-77(74(55-28-16-12-17-29-55)82(76)92(80(63)69)72(61)50-59)70-40-25-37-64-62-49-45-60(51-73(62)93(83)81(64)70)91(58-34-22-15-23-35-58)79-53(3)43-47-68-66-38-26-41-71(89(8,9)10)85(66)95-87(68)79/h11-51H,4H2,1-3,5-10H3/b27-11-. The number of hydrogen-bond donors (Lipinski definition) is 0. The number of nitrogens with zero attached hydrogens (tertiary/aromatic N) is 4. The van der Waals surface area contributed by atoms with Crippen LogP contribution >= 0.6 is 0 Å². The molecule has 0 N–H and O–H groups in total. The minimum absolute atomic E-state index is 0.125. The zero-order valence-corrected chi connectivity index (χ0v) is 55.0. The lowest BCUT2D eigenvalue weighted by Gasteiger charge is -2.27. The third-order valence-electron chi connectivity index (χ3n) is 20.3. The lowest BCUT2D eigenvalue weighted by Crippen LogP contribution is -2.11. The van der Waals surface area contributed by atoms with Crippen molar-refractivity contribution >= 4 is 155 Å². The van der Waals surface area contributed by atoms with Crippen molar-refractivity contribution in [2.24, 2.45) is 5.41 Å². The van der Waals surface area contributed by atoms with E-state index >= 15 is 0 Å². The Bertz CT molecular complexity index is 6200. The Kier molecular flexibility index (Phi) is 12.2. The maximum Gasteiger partial charge on any atom is 0.159 e. The highest BCUT2D eigenvalue weighted by atomic mass is 16.3. The summed E-state index contributed by atoms with van der Waals surface area (Å²) in [4.78, 5) is 4.84. The third-order valence-corrected chi connectivity index (χ3v) is 20.3. The van der Waals surface area contributed by atoms with E-state index in [1.807, 2.05) is 0 Å². The quantitative estimate of drug-likeness (QED) is 0.137. The summed E-state index contributed by atoms with van der Waals surface area (Å²) >= 11 is 0. The summed E-state index contributed by atoms with van der Waals surface area (Å²) in [5, 5.41) is 12.9. The summed E-state index contributed by atoms with van der Waals surface area (Å²) in [6.45, 7) is 24.6. The molecule has 0 amide bonds. The van der Waals surface area contributed by atoms with Crippen molar-refractivity contribution in [2.75, 3.05) is 9.80 Å². The predicted octanol–water partition coefficient (Wildman–Crippen LogP) is 25.9. The Balaban J connectivity index is 0.966. The maximum absolute atomic E-state index is 7.26. The first-order valence-electron chi connectivity index (χ1n) is 33.2. The first-order chi connectivity index (χ1) is 46.2. The van der Waals surface area contributed by atoms with Crippen LogP contribution in [0.5, 0.6) is 0 Å².